The quantitative estimate of drug-likeness (QED) is 0.0143. The smallest absolute Gasteiger partial charge is 0.457 e. The lowest BCUT2D eigenvalue weighted by atomic mass is 9.85. The van der Waals surface area contributed by atoms with E-state index in [0.29, 0.717) is 12.8 Å². The Morgan fingerprint density at radius 1 is 0.619 bits per heavy atom. The lowest BCUT2D eigenvalue weighted by Crippen LogP contribution is -2.65. The minimum atomic E-state index is -5.51. The summed E-state index contributed by atoms with van der Waals surface area (Å²) in [6, 6.07) is 0. The number of ether oxygens (including phenoxy) is 2. The van der Waals surface area contributed by atoms with Gasteiger partial charge >= 0.3 is 29.4 Å². The fourth-order valence-corrected chi connectivity index (χ4v) is 8.23. The van der Waals surface area contributed by atoms with Gasteiger partial charge in [-0.3, -0.25) is 27.7 Å². The third kappa shape index (κ3) is 32.2. The van der Waals surface area contributed by atoms with Gasteiger partial charge in [-0.05, 0) is 60.5 Å². The number of thioether (sulfide) groups is 1. The van der Waals surface area contributed by atoms with Crippen LogP contribution in [0.25, 0.3) is 0 Å². The average Bonchev–Trinajstić information content (AvgIpc) is 3.20. The zero-order chi connectivity index (χ0) is 47.7. The fourth-order valence-electron chi connectivity index (χ4n) is 5.60. The molecule has 9 N–H and O–H groups in total. The average molecular weight is 991 g/mol. The van der Waals surface area contributed by atoms with Gasteiger partial charge in [-0.2, -0.15) is 0 Å². The van der Waals surface area contributed by atoms with Crippen molar-refractivity contribution in [3.63, 3.8) is 0 Å². The van der Waals surface area contributed by atoms with Crippen molar-refractivity contribution in [2.24, 2.45) is 0 Å². The number of phosphoric acid groups is 3. The minimum absolute atomic E-state index is 0. The number of hydrogen-bond donors (Lipinski definition) is 9. The molecule has 0 radical (unpaired) electrons. The first-order chi connectivity index (χ1) is 29.7. The van der Waals surface area contributed by atoms with Crippen molar-refractivity contribution in [2.75, 3.05) is 20.0 Å². The molecule has 5 unspecified atom stereocenters. The van der Waals surface area contributed by atoms with Crippen LogP contribution < -0.4 is 0 Å². The van der Waals surface area contributed by atoms with Crippen molar-refractivity contribution < 1.29 is 106 Å². The van der Waals surface area contributed by atoms with Gasteiger partial charge in [0, 0.05) is 34.6 Å². The maximum absolute atomic E-state index is 12.7. The van der Waals surface area contributed by atoms with Gasteiger partial charge in [-0.1, -0.05) is 96.8 Å². The minimum Gasteiger partial charge on any atom is -0.457 e. The van der Waals surface area contributed by atoms with Gasteiger partial charge in [-0.15, -0.1) is 0 Å². The SMILES string of the molecule is CC#CC#CC#CC#CSC(=O)CCC.CCCCCCCCCCCCCCCC(=O)O[C@H](COCO)COP(=O)(O)OC1C(O)[C@H](OP(=O)(O)O)C(O)C(OP(=O)(O)O)[C@@H]1O.[HH].[HH].[HH].[HH].[HH].[HH].[HH]. The molecule has 0 spiro atoms. The third-order valence-electron chi connectivity index (χ3n) is 8.50. The number of aliphatic hydroxyl groups excluding tert-OH is 4. The van der Waals surface area contributed by atoms with E-state index in [0.717, 1.165) is 43.9 Å². The molecule has 0 heterocycles. The Labute approximate surface area is 384 Å². The monoisotopic (exact) mass is 990 g/mol. The largest absolute Gasteiger partial charge is 0.472 e. The Morgan fingerprint density at radius 2 is 1.06 bits per heavy atom. The van der Waals surface area contributed by atoms with Gasteiger partial charge in [0.25, 0.3) is 0 Å². The van der Waals surface area contributed by atoms with Crippen LogP contribution in [0, 0.1) is 46.7 Å². The summed E-state index contributed by atoms with van der Waals surface area (Å²) in [6.07, 6.45) is -0.338. The van der Waals surface area contributed by atoms with Crippen LogP contribution in [0.2, 0.25) is 0 Å². The maximum Gasteiger partial charge on any atom is 0.472 e. The maximum atomic E-state index is 12.7. The summed E-state index contributed by atoms with van der Waals surface area (Å²) in [4.78, 5) is 70.1. The van der Waals surface area contributed by atoms with Gasteiger partial charge < -0.3 is 54.4 Å². The number of rotatable bonds is 29. The highest BCUT2D eigenvalue weighted by atomic mass is 32.2. The van der Waals surface area contributed by atoms with E-state index < -0.39 is 92.2 Å². The van der Waals surface area contributed by atoms with E-state index in [9.17, 15) is 43.5 Å². The van der Waals surface area contributed by atoms with E-state index in [4.69, 9.17) is 43.2 Å². The molecule has 20 nitrogen and oxygen atoms in total. The molecule has 24 heteroatoms. The highest BCUT2D eigenvalue weighted by Crippen LogP contribution is 2.51. The molecular formula is C39H77O20P3S. The van der Waals surface area contributed by atoms with Gasteiger partial charge in [0.2, 0.25) is 5.12 Å². The van der Waals surface area contributed by atoms with Crippen molar-refractivity contribution in [3.05, 3.63) is 0 Å². The zero-order valence-corrected chi connectivity index (χ0v) is 39.2. The van der Waals surface area contributed by atoms with E-state index >= 15 is 0 Å². The molecule has 374 valence electrons. The second-order valence-corrected chi connectivity index (χ2v) is 18.5. The lowest BCUT2D eigenvalue weighted by Gasteiger charge is -2.44. The highest BCUT2D eigenvalue weighted by molar-refractivity contribution is 8.17. The number of aliphatic hydroxyl groups is 4. The third-order valence-corrected chi connectivity index (χ3v) is 11.2. The second kappa shape index (κ2) is 35.1. The summed E-state index contributed by atoms with van der Waals surface area (Å²) in [7, 11) is -16.4. The molecule has 0 saturated heterocycles. The molecule has 63 heavy (non-hydrogen) atoms. The molecule has 1 rings (SSSR count). The lowest BCUT2D eigenvalue weighted by molar-refractivity contribution is -0.213. The molecule has 1 aliphatic carbocycles. The van der Waals surface area contributed by atoms with Crippen LogP contribution in [-0.2, 0) is 50.9 Å². The first kappa shape index (κ1) is 60.9. The summed E-state index contributed by atoms with van der Waals surface area (Å²) < 4.78 is 63.4. The van der Waals surface area contributed by atoms with E-state index in [1.165, 1.54) is 51.4 Å². The molecule has 0 bridgehead atoms. The molecule has 0 aromatic heterocycles. The fraction of sp³-hybridized carbons (Fsp3) is 0.744. The molecule has 1 fully saturated rings. The van der Waals surface area contributed by atoms with E-state index in [1.54, 1.807) is 6.92 Å². The Hall–Kier alpha value is -2.14. The highest BCUT2D eigenvalue weighted by Gasteiger charge is 2.56. The van der Waals surface area contributed by atoms with E-state index in [-0.39, 0.29) is 21.5 Å². The number of unbranched alkanes of at least 4 members (excludes halogenated alkanes) is 12. The van der Waals surface area contributed by atoms with Crippen LogP contribution in [0.5, 0.6) is 0 Å². The molecular weight excluding hydrogens is 913 g/mol. The normalized spacial score (nSPS) is 20.9. The van der Waals surface area contributed by atoms with Gasteiger partial charge in [0.1, 0.15) is 49.5 Å². The number of esters is 1. The molecule has 1 saturated carbocycles. The number of phosphoric ester groups is 3. The molecule has 8 atom stereocenters. The summed E-state index contributed by atoms with van der Waals surface area (Å²) >= 11 is 0.991. The van der Waals surface area contributed by atoms with Gasteiger partial charge in [0.15, 0.2) is 0 Å². The van der Waals surface area contributed by atoms with Gasteiger partial charge in [-0.25, -0.2) is 13.7 Å². The molecule has 0 amide bonds. The number of carbonyl (C=O) groups is 2. The summed E-state index contributed by atoms with van der Waals surface area (Å²) in [5.74, 6) is 17.1. The van der Waals surface area contributed by atoms with Crippen LogP contribution >= 0.6 is 35.2 Å². The van der Waals surface area contributed by atoms with Crippen LogP contribution in [-0.4, -0.2) is 119 Å². The second-order valence-electron chi connectivity index (χ2n) is 13.9. The van der Waals surface area contributed by atoms with Crippen LogP contribution in [0.15, 0.2) is 0 Å². The summed E-state index contributed by atoms with van der Waals surface area (Å²) in [5, 5.41) is 42.9. The molecule has 0 aromatic rings. The first-order valence-corrected chi connectivity index (χ1v) is 25.8. The first-order valence-electron chi connectivity index (χ1n) is 20.4. The van der Waals surface area contributed by atoms with Crippen molar-refractivity contribution in [3.8, 4) is 46.7 Å². The predicted molar refractivity (Wildman–Crippen MR) is 245 cm³/mol. The molecule has 1 aliphatic rings. The molecule has 0 aromatic carbocycles. The topological polar surface area (TPSA) is 323 Å². The van der Waals surface area contributed by atoms with Crippen molar-refractivity contribution >= 4 is 46.3 Å². The Kier molecular flexibility index (Phi) is 33.9. The van der Waals surface area contributed by atoms with Crippen LogP contribution in [0.4, 0.5) is 0 Å². The zero-order valence-electron chi connectivity index (χ0n) is 35.7. The van der Waals surface area contributed by atoms with Crippen molar-refractivity contribution in [1.82, 2.24) is 0 Å². The van der Waals surface area contributed by atoms with Crippen LogP contribution in [0.3, 0.4) is 0 Å². The van der Waals surface area contributed by atoms with Crippen molar-refractivity contribution in [2.45, 2.75) is 166 Å². The Bertz CT molecular complexity index is 1720. The van der Waals surface area contributed by atoms with E-state index in [1.807, 2.05) is 6.92 Å². The predicted octanol–water partition coefficient (Wildman–Crippen LogP) is 5.66. The summed E-state index contributed by atoms with van der Waals surface area (Å²) in [6.45, 7) is 3.68. The Morgan fingerprint density at radius 3 is 1.51 bits per heavy atom. The standard InChI is InChI=1S/C26H53O19P3.C13H10OS.7H2/c1-2-3-4-5-6-7-8-9-10-11-12-13-14-15-20(28)42-19(16-40-18-27)17-41-48(38,39)45-26-22(30)24(43-46(32,33)34)21(29)25(23(26)31)44-47(35,36)37;1-3-5-6-7-8-9-10-12-15-13(14)11-4-2;;;;;;;/h19,21-27,29-31H,2-18H2,1H3,(H,38,39)(H2,32,33,34)(H2,35,36,37);4,11H2,1-2H3;7*1H/t19-,21?,22+,23?,24?,25-,26?;;;;;;;;/m1......../s1. The Balaban J connectivity index is -0.000000252. The number of carbonyl (C=O) groups excluding carboxylic acids is 2. The summed E-state index contributed by atoms with van der Waals surface area (Å²) in [5.41, 5.74) is 0. The molecule has 0 aliphatic heterocycles. The van der Waals surface area contributed by atoms with Gasteiger partial charge in [0.05, 0.1) is 13.2 Å². The number of hydrogen-bond acceptors (Lipinski definition) is 16. The van der Waals surface area contributed by atoms with Crippen LogP contribution in [0.1, 0.15) is 133 Å². The van der Waals surface area contributed by atoms with E-state index in [2.05, 4.69) is 62.7 Å². The van der Waals surface area contributed by atoms with Crippen molar-refractivity contribution in [1.29, 1.82) is 0 Å².